The van der Waals surface area contributed by atoms with Crippen LogP contribution in [0.2, 0.25) is 0 Å². The second-order valence-electron chi connectivity index (χ2n) is 4.12. The molecule has 0 unspecified atom stereocenters. The van der Waals surface area contributed by atoms with E-state index < -0.39 is 11.4 Å². The van der Waals surface area contributed by atoms with Crippen LogP contribution in [0.3, 0.4) is 0 Å². The Balaban J connectivity index is 2.87. The van der Waals surface area contributed by atoms with Crippen LogP contribution in [0.25, 0.3) is 0 Å². The molecular formula is C11H15N3O2. The molecule has 0 aliphatic heterocycles. The largest absolute Gasteiger partial charge is 0.366 e. The van der Waals surface area contributed by atoms with Crippen molar-refractivity contribution in [1.82, 2.24) is 0 Å². The fraction of sp³-hybridized carbons (Fsp3) is 0.273. The Morgan fingerprint density at radius 1 is 1.31 bits per heavy atom. The Labute approximate surface area is 93.8 Å². The van der Waals surface area contributed by atoms with Crippen LogP contribution in [0.5, 0.6) is 0 Å². The lowest BCUT2D eigenvalue weighted by Gasteiger charge is -2.17. The maximum Gasteiger partial charge on any atom is 0.248 e. The topological polar surface area (TPSA) is 98.2 Å². The number of hydrogen-bond donors (Lipinski definition) is 3. The summed E-state index contributed by atoms with van der Waals surface area (Å²) < 4.78 is 0. The maximum atomic E-state index is 11.6. The fourth-order valence-electron chi connectivity index (χ4n) is 1.04. The van der Waals surface area contributed by atoms with Crippen molar-refractivity contribution >= 4 is 17.5 Å². The molecule has 1 rings (SSSR count). The molecule has 16 heavy (non-hydrogen) atoms. The number of rotatable bonds is 3. The van der Waals surface area contributed by atoms with Crippen molar-refractivity contribution in [2.75, 3.05) is 5.32 Å². The average molecular weight is 221 g/mol. The summed E-state index contributed by atoms with van der Waals surface area (Å²) in [6.07, 6.45) is 0. The van der Waals surface area contributed by atoms with Crippen LogP contribution in [-0.2, 0) is 4.79 Å². The molecule has 5 N–H and O–H groups in total. The molecule has 0 fully saturated rings. The molecule has 0 heterocycles. The summed E-state index contributed by atoms with van der Waals surface area (Å²) in [5, 5.41) is 2.61. The predicted octanol–water partition coefficient (Wildman–Crippen LogP) is 0.461. The smallest absolute Gasteiger partial charge is 0.248 e. The van der Waals surface area contributed by atoms with Crippen molar-refractivity contribution in [2.24, 2.45) is 11.5 Å². The van der Waals surface area contributed by atoms with Gasteiger partial charge in [0.25, 0.3) is 0 Å². The van der Waals surface area contributed by atoms with E-state index in [1.54, 1.807) is 32.0 Å². The van der Waals surface area contributed by atoms with E-state index in [-0.39, 0.29) is 5.91 Å². The molecule has 0 aliphatic carbocycles. The molecule has 2 amide bonds. The number of carbonyl (C=O) groups excluding carboxylic acids is 2. The Kier molecular flexibility index (Phi) is 3.29. The van der Waals surface area contributed by atoms with Gasteiger partial charge in [-0.3, -0.25) is 9.59 Å². The molecule has 0 saturated carbocycles. The summed E-state index contributed by atoms with van der Waals surface area (Å²) in [5.41, 5.74) is 10.6. The van der Waals surface area contributed by atoms with Crippen LogP contribution in [0, 0.1) is 0 Å². The first-order valence-corrected chi connectivity index (χ1v) is 4.81. The molecule has 1 aromatic carbocycles. The minimum absolute atomic E-state index is 0.325. The number of nitrogens with two attached hydrogens (primary N) is 2. The Hall–Kier alpha value is -1.88. The summed E-state index contributed by atoms with van der Waals surface area (Å²) in [5.74, 6) is -0.864. The first kappa shape index (κ1) is 12.2. The lowest BCUT2D eigenvalue weighted by atomic mass is 10.1. The van der Waals surface area contributed by atoms with Gasteiger partial charge in [0.1, 0.15) is 0 Å². The zero-order chi connectivity index (χ0) is 12.3. The first-order chi connectivity index (χ1) is 7.30. The van der Waals surface area contributed by atoms with Crippen molar-refractivity contribution in [3.8, 4) is 0 Å². The van der Waals surface area contributed by atoms with Crippen molar-refractivity contribution in [2.45, 2.75) is 19.4 Å². The number of benzene rings is 1. The molecule has 0 aromatic heterocycles. The van der Waals surface area contributed by atoms with Gasteiger partial charge >= 0.3 is 0 Å². The van der Waals surface area contributed by atoms with E-state index in [2.05, 4.69) is 5.32 Å². The number of anilines is 1. The van der Waals surface area contributed by atoms with Gasteiger partial charge in [0.05, 0.1) is 5.54 Å². The van der Waals surface area contributed by atoms with E-state index in [1.165, 1.54) is 6.07 Å². The van der Waals surface area contributed by atoms with Crippen molar-refractivity contribution < 1.29 is 9.59 Å². The average Bonchev–Trinajstić information content (AvgIpc) is 2.16. The molecule has 1 aromatic rings. The lowest BCUT2D eigenvalue weighted by Crippen LogP contribution is -2.45. The van der Waals surface area contributed by atoms with Crippen LogP contribution in [0.4, 0.5) is 5.69 Å². The molecule has 0 bridgehead atoms. The Morgan fingerprint density at radius 3 is 2.44 bits per heavy atom. The summed E-state index contributed by atoms with van der Waals surface area (Å²) in [6, 6.07) is 6.38. The molecule has 0 saturated heterocycles. The van der Waals surface area contributed by atoms with E-state index >= 15 is 0 Å². The van der Waals surface area contributed by atoms with Crippen LogP contribution >= 0.6 is 0 Å². The molecule has 5 nitrogen and oxygen atoms in total. The van der Waals surface area contributed by atoms with Crippen LogP contribution < -0.4 is 16.8 Å². The third-order valence-corrected chi connectivity index (χ3v) is 1.99. The van der Waals surface area contributed by atoms with Crippen LogP contribution in [0.1, 0.15) is 24.2 Å². The van der Waals surface area contributed by atoms with Gasteiger partial charge < -0.3 is 16.8 Å². The minimum atomic E-state index is -0.970. The van der Waals surface area contributed by atoms with Gasteiger partial charge in [0.2, 0.25) is 11.8 Å². The zero-order valence-corrected chi connectivity index (χ0v) is 9.28. The number of amides is 2. The first-order valence-electron chi connectivity index (χ1n) is 4.81. The minimum Gasteiger partial charge on any atom is -0.366 e. The zero-order valence-electron chi connectivity index (χ0n) is 9.28. The van der Waals surface area contributed by atoms with Gasteiger partial charge in [0.15, 0.2) is 0 Å². The standard InChI is InChI=1S/C11H15N3O2/c1-11(2,13)10(16)14-8-5-3-4-7(6-8)9(12)15/h3-6H,13H2,1-2H3,(H2,12,15)(H,14,16). The highest BCUT2D eigenvalue weighted by Crippen LogP contribution is 2.12. The fourth-order valence-corrected chi connectivity index (χ4v) is 1.04. The Morgan fingerprint density at radius 2 is 1.94 bits per heavy atom. The monoisotopic (exact) mass is 221 g/mol. The van der Waals surface area contributed by atoms with Crippen LogP contribution in [0.15, 0.2) is 24.3 Å². The molecule has 86 valence electrons. The highest BCUT2D eigenvalue weighted by Gasteiger charge is 2.21. The van der Waals surface area contributed by atoms with E-state index in [1.807, 2.05) is 0 Å². The van der Waals surface area contributed by atoms with Gasteiger partial charge in [-0.1, -0.05) is 6.07 Å². The third kappa shape index (κ3) is 3.06. The second kappa shape index (κ2) is 4.32. The van der Waals surface area contributed by atoms with Crippen LogP contribution in [-0.4, -0.2) is 17.4 Å². The van der Waals surface area contributed by atoms with E-state index in [9.17, 15) is 9.59 Å². The predicted molar refractivity (Wildman–Crippen MR) is 61.9 cm³/mol. The second-order valence-corrected chi connectivity index (χ2v) is 4.12. The molecular weight excluding hydrogens is 206 g/mol. The van der Waals surface area contributed by atoms with E-state index in [4.69, 9.17) is 11.5 Å². The number of carbonyl (C=O) groups is 2. The molecule has 0 aliphatic rings. The SMILES string of the molecule is CC(C)(N)C(=O)Nc1cccc(C(N)=O)c1. The lowest BCUT2D eigenvalue weighted by molar-refractivity contribution is -0.120. The third-order valence-electron chi connectivity index (χ3n) is 1.99. The van der Waals surface area contributed by atoms with Gasteiger partial charge in [0, 0.05) is 11.3 Å². The molecule has 0 atom stereocenters. The number of primary amides is 1. The van der Waals surface area contributed by atoms with E-state index in [0.717, 1.165) is 0 Å². The normalized spacial score (nSPS) is 10.9. The highest BCUT2D eigenvalue weighted by molar-refractivity contribution is 5.99. The molecule has 0 radical (unpaired) electrons. The van der Waals surface area contributed by atoms with Gasteiger partial charge in [-0.15, -0.1) is 0 Å². The summed E-state index contributed by atoms with van der Waals surface area (Å²) >= 11 is 0. The summed E-state index contributed by atoms with van der Waals surface area (Å²) in [4.78, 5) is 22.5. The maximum absolute atomic E-state index is 11.6. The van der Waals surface area contributed by atoms with E-state index in [0.29, 0.717) is 11.3 Å². The van der Waals surface area contributed by atoms with Crippen molar-refractivity contribution in [3.05, 3.63) is 29.8 Å². The van der Waals surface area contributed by atoms with Gasteiger partial charge in [-0.25, -0.2) is 0 Å². The van der Waals surface area contributed by atoms with Crippen molar-refractivity contribution in [3.63, 3.8) is 0 Å². The van der Waals surface area contributed by atoms with Gasteiger partial charge in [-0.2, -0.15) is 0 Å². The Bertz CT molecular complexity index is 421. The number of hydrogen-bond acceptors (Lipinski definition) is 3. The molecule has 5 heteroatoms. The number of nitrogens with one attached hydrogen (secondary N) is 1. The highest BCUT2D eigenvalue weighted by atomic mass is 16.2. The molecule has 0 spiro atoms. The summed E-state index contributed by atoms with van der Waals surface area (Å²) in [6.45, 7) is 3.19. The summed E-state index contributed by atoms with van der Waals surface area (Å²) in [7, 11) is 0. The van der Waals surface area contributed by atoms with Gasteiger partial charge in [-0.05, 0) is 32.0 Å². The van der Waals surface area contributed by atoms with Crippen molar-refractivity contribution in [1.29, 1.82) is 0 Å². The quantitative estimate of drug-likeness (QED) is 0.691.